The highest BCUT2D eigenvalue weighted by Crippen LogP contribution is 2.76. The summed E-state index contributed by atoms with van der Waals surface area (Å²) >= 11 is 0. The van der Waals surface area contributed by atoms with Gasteiger partial charge in [-0.05, 0) is 78.9 Å². The molecule has 3 unspecified atom stereocenters. The van der Waals surface area contributed by atoms with Gasteiger partial charge < -0.3 is 29.5 Å². The number of aliphatic hydroxyl groups is 3. The van der Waals surface area contributed by atoms with Crippen LogP contribution in [-0.2, 0) is 28.6 Å². The van der Waals surface area contributed by atoms with E-state index in [-0.39, 0.29) is 47.8 Å². The fourth-order valence-electron chi connectivity index (χ4n) is 11.7. The molecule has 0 aliphatic heterocycles. The summed E-state index contributed by atoms with van der Waals surface area (Å²) in [6, 6.07) is 0. The van der Waals surface area contributed by atoms with E-state index in [0.29, 0.717) is 19.3 Å². The van der Waals surface area contributed by atoms with E-state index < -0.39 is 58.0 Å². The molecule has 0 heterocycles. The van der Waals surface area contributed by atoms with Gasteiger partial charge in [0.1, 0.15) is 18.8 Å². The molecule has 258 valence electrons. The molecule has 0 aromatic rings. The lowest BCUT2D eigenvalue weighted by molar-refractivity contribution is -0.262. The molecule has 0 bridgehead atoms. The first-order chi connectivity index (χ1) is 21.3. The number of ether oxygens (including phenoxy) is 3. The Hall–Kier alpha value is -2.23. The molecule has 3 N–H and O–H groups in total. The van der Waals surface area contributed by atoms with E-state index >= 15 is 0 Å². The van der Waals surface area contributed by atoms with Crippen LogP contribution in [0, 0.1) is 50.2 Å². The molecule has 0 aromatic carbocycles. The van der Waals surface area contributed by atoms with Crippen LogP contribution in [0.5, 0.6) is 0 Å². The van der Waals surface area contributed by atoms with Crippen LogP contribution in [0.25, 0.3) is 0 Å². The fourth-order valence-corrected chi connectivity index (χ4v) is 11.7. The molecule has 9 heteroatoms. The summed E-state index contributed by atoms with van der Waals surface area (Å²) in [5, 5.41) is 35.8. The van der Waals surface area contributed by atoms with Crippen molar-refractivity contribution in [3.63, 3.8) is 0 Å². The van der Waals surface area contributed by atoms with Crippen molar-refractivity contribution in [2.75, 3.05) is 13.2 Å². The SMILES string of the molecule is C=C[C@]12CC[C@H](O)[C@](C)(COC(C)=O)C1CC[C@]1(C)C2CC=C2C3CC(C)(C)[C@@H](OC(C)=O)[C@H](O)[C@]3(COC(C)=O)[C@H](O)C[C@]21C. The molecule has 4 fully saturated rings. The molecular formula is C37H56O9. The number of fused-ring (bicyclic) bond motifs is 7. The number of hydrogen-bond acceptors (Lipinski definition) is 9. The highest BCUT2D eigenvalue weighted by molar-refractivity contribution is 5.67. The minimum absolute atomic E-state index is 0.0497. The minimum atomic E-state index is -1.26. The minimum Gasteiger partial charge on any atom is -0.465 e. The summed E-state index contributed by atoms with van der Waals surface area (Å²) in [4.78, 5) is 36.3. The molecule has 0 amide bonds. The third kappa shape index (κ3) is 4.76. The third-order valence-corrected chi connectivity index (χ3v) is 14.3. The lowest BCUT2D eigenvalue weighted by Crippen LogP contribution is -2.72. The van der Waals surface area contributed by atoms with E-state index in [1.807, 2.05) is 13.8 Å². The average Bonchev–Trinajstić information content (AvgIpc) is 2.95. The van der Waals surface area contributed by atoms with Crippen molar-refractivity contribution in [3.05, 3.63) is 24.3 Å². The molecule has 0 spiro atoms. The molecule has 0 radical (unpaired) electrons. The van der Waals surface area contributed by atoms with E-state index in [1.54, 1.807) is 0 Å². The maximum absolute atomic E-state index is 12.3. The zero-order valence-corrected chi connectivity index (χ0v) is 29.1. The molecule has 5 aliphatic carbocycles. The molecule has 9 nitrogen and oxygen atoms in total. The maximum Gasteiger partial charge on any atom is 0.303 e. The van der Waals surface area contributed by atoms with Crippen LogP contribution in [0.15, 0.2) is 24.3 Å². The summed E-state index contributed by atoms with van der Waals surface area (Å²) in [5.74, 6) is -1.49. The molecule has 5 rings (SSSR count). The Morgan fingerprint density at radius 2 is 1.50 bits per heavy atom. The number of carbonyl (C=O) groups excluding carboxylic acids is 3. The van der Waals surface area contributed by atoms with Crippen molar-refractivity contribution in [2.24, 2.45) is 50.2 Å². The largest absolute Gasteiger partial charge is 0.465 e. The number of rotatable bonds is 6. The van der Waals surface area contributed by atoms with Gasteiger partial charge in [-0.1, -0.05) is 52.3 Å². The van der Waals surface area contributed by atoms with Crippen LogP contribution in [0.3, 0.4) is 0 Å². The van der Waals surface area contributed by atoms with Crippen LogP contribution in [-0.4, -0.2) is 70.9 Å². The van der Waals surface area contributed by atoms with Gasteiger partial charge in [0.05, 0.1) is 24.2 Å². The molecule has 12 atom stereocenters. The van der Waals surface area contributed by atoms with E-state index in [0.717, 1.165) is 25.7 Å². The highest BCUT2D eigenvalue weighted by Gasteiger charge is 2.73. The van der Waals surface area contributed by atoms with Gasteiger partial charge in [-0.25, -0.2) is 0 Å². The van der Waals surface area contributed by atoms with E-state index in [4.69, 9.17) is 14.2 Å². The molecule has 0 saturated heterocycles. The van der Waals surface area contributed by atoms with Crippen LogP contribution in [0.1, 0.15) is 100 Å². The molecule has 4 saturated carbocycles. The van der Waals surface area contributed by atoms with Gasteiger partial charge in [-0.3, -0.25) is 14.4 Å². The Balaban J connectivity index is 1.63. The second-order valence-electron chi connectivity index (χ2n) is 16.8. The van der Waals surface area contributed by atoms with Crippen LogP contribution in [0.2, 0.25) is 0 Å². The Labute approximate surface area is 274 Å². The highest BCUT2D eigenvalue weighted by atomic mass is 16.6. The summed E-state index contributed by atoms with van der Waals surface area (Å²) in [6.07, 6.45) is 5.28. The van der Waals surface area contributed by atoms with Crippen molar-refractivity contribution < 1.29 is 43.9 Å². The van der Waals surface area contributed by atoms with Crippen molar-refractivity contribution in [1.82, 2.24) is 0 Å². The maximum atomic E-state index is 12.3. The van der Waals surface area contributed by atoms with Crippen LogP contribution < -0.4 is 0 Å². The predicted octanol–water partition coefficient (Wildman–Crippen LogP) is 4.90. The Morgan fingerprint density at radius 3 is 2.09 bits per heavy atom. The van der Waals surface area contributed by atoms with Crippen molar-refractivity contribution in [3.8, 4) is 0 Å². The number of hydrogen-bond donors (Lipinski definition) is 3. The summed E-state index contributed by atoms with van der Waals surface area (Å²) in [7, 11) is 0. The summed E-state index contributed by atoms with van der Waals surface area (Å²) in [5.41, 5.74) is -2.39. The Kier molecular flexibility index (Phi) is 8.72. The smallest absolute Gasteiger partial charge is 0.303 e. The zero-order valence-electron chi connectivity index (χ0n) is 29.1. The van der Waals surface area contributed by atoms with E-state index in [2.05, 4.69) is 39.5 Å². The van der Waals surface area contributed by atoms with Gasteiger partial charge >= 0.3 is 17.9 Å². The third-order valence-electron chi connectivity index (χ3n) is 14.3. The van der Waals surface area contributed by atoms with Crippen LogP contribution in [0.4, 0.5) is 0 Å². The van der Waals surface area contributed by atoms with Crippen molar-refractivity contribution in [2.45, 2.75) is 125 Å². The van der Waals surface area contributed by atoms with Gasteiger partial charge in [-0.15, -0.1) is 6.58 Å². The normalized spacial score (nSPS) is 47.5. The fraction of sp³-hybridized carbons (Fsp3) is 0.811. The summed E-state index contributed by atoms with van der Waals surface area (Å²) < 4.78 is 16.9. The van der Waals surface area contributed by atoms with Crippen molar-refractivity contribution >= 4 is 17.9 Å². The van der Waals surface area contributed by atoms with Gasteiger partial charge in [0.2, 0.25) is 0 Å². The first kappa shape index (κ1) is 35.1. The van der Waals surface area contributed by atoms with Gasteiger partial charge in [0, 0.05) is 31.6 Å². The number of carbonyl (C=O) groups is 3. The monoisotopic (exact) mass is 644 g/mol. The molecule has 0 aromatic heterocycles. The quantitative estimate of drug-likeness (QED) is 0.209. The Bertz CT molecular complexity index is 1310. The van der Waals surface area contributed by atoms with Gasteiger partial charge in [-0.2, -0.15) is 0 Å². The first-order valence-corrected chi connectivity index (χ1v) is 17.1. The van der Waals surface area contributed by atoms with Crippen molar-refractivity contribution in [1.29, 1.82) is 0 Å². The number of allylic oxidation sites excluding steroid dienone is 3. The average molecular weight is 645 g/mol. The molecular weight excluding hydrogens is 588 g/mol. The summed E-state index contributed by atoms with van der Waals surface area (Å²) in [6.45, 7) is 19.1. The molecule has 46 heavy (non-hydrogen) atoms. The standard InChI is InChI=1S/C37H56O9/c1-10-36-16-14-28(41)33(7,19-44-21(2)38)26(36)13-15-34(8)27(36)12-11-24-25-17-32(5,6)31(46-23(4)40)30(43)37(25,20-45-22(3)39)29(42)18-35(24,34)9/h10-11,25-31,41-43H,1,12-20H2,2-9H3/t25?,26?,27?,28-,29+,30-,31-,33+,34+,35+,36-,37-/m0/s1. The van der Waals surface area contributed by atoms with Crippen LogP contribution >= 0.6 is 0 Å². The number of aliphatic hydroxyl groups excluding tert-OH is 3. The topological polar surface area (TPSA) is 140 Å². The van der Waals surface area contributed by atoms with Gasteiger partial charge in [0.15, 0.2) is 0 Å². The lowest BCUT2D eigenvalue weighted by Gasteiger charge is -2.72. The zero-order chi connectivity index (χ0) is 34.3. The first-order valence-electron chi connectivity index (χ1n) is 17.1. The second-order valence-corrected chi connectivity index (χ2v) is 16.8. The van der Waals surface area contributed by atoms with Gasteiger partial charge in [0.25, 0.3) is 0 Å². The second kappa shape index (κ2) is 11.4. The predicted molar refractivity (Wildman–Crippen MR) is 171 cm³/mol. The van der Waals surface area contributed by atoms with E-state index in [1.165, 1.54) is 26.3 Å². The van der Waals surface area contributed by atoms with E-state index in [9.17, 15) is 29.7 Å². The molecule has 5 aliphatic rings. The lowest BCUT2D eigenvalue weighted by atomic mass is 9.32. The Morgan fingerprint density at radius 1 is 0.870 bits per heavy atom. The number of esters is 3.